The maximum Gasteiger partial charge on any atom is 0.192 e. The zero-order valence-electron chi connectivity index (χ0n) is 20.9. The van der Waals surface area contributed by atoms with Crippen molar-refractivity contribution in [1.29, 1.82) is 5.26 Å². The summed E-state index contributed by atoms with van der Waals surface area (Å²) in [6.45, 7) is 4.35. The van der Waals surface area contributed by atoms with E-state index in [0.717, 1.165) is 5.56 Å². The lowest BCUT2D eigenvalue weighted by Crippen LogP contribution is -2.38. The van der Waals surface area contributed by atoms with Gasteiger partial charge in [0.1, 0.15) is 11.8 Å². The molecule has 0 amide bonds. The molecule has 0 bridgehead atoms. The van der Waals surface area contributed by atoms with Gasteiger partial charge in [0.25, 0.3) is 0 Å². The van der Waals surface area contributed by atoms with Gasteiger partial charge in [-0.1, -0.05) is 18.2 Å². The maximum absolute atomic E-state index is 10.0. The van der Waals surface area contributed by atoms with Crippen LogP contribution in [0.25, 0.3) is 11.3 Å². The van der Waals surface area contributed by atoms with E-state index in [9.17, 15) is 5.26 Å². The number of anilines is 2. The van der Waals surface area contributed by atoms with Crippen molar-refractivity contribution in [3.63, 3.8) is 0 Å². The summed E-state index contributed by atoms with van der Waals surface area (Å²) < 4.78 is 16.1. The van der Waals surface area contributed by atoms with Gasteiger partial charge in [-0.05, 0) is 6.07 Å². The second kappa shape index (κ2) is 13.3. The van der Waals surface area contributed by atoms with Gasteiger partial charge < -0.3 is 24.0 Å². The molecule has 0 unspecified atom stereocenters. The second-order valence-electron chi connectivity index (χ2n) is 8.03. The lowest BCUT2D eigenvalue weighted by molar-refractivity contribution is 0.122. The highest BCUT2D eigenvalue weighted by Gasteiger charge is 2.25. The van der Waals surface area contributed by atoms with E-state index in [0.29, 0.717) is 81.4 Å². The molecular weight excluding hydrogens is 474 g/mol. The number of ether oxygens (including phenoxy) is 3. The molecule has 2 aromatic heterocycles. The molecule has 192 valence electrons. The molecule has 12 heteroatoms. The maximum atomic E-state index is 10.0. The molecular formula is C25H29N9O3. The van der Waals surface area contributed by atoms with Crippen LogP contribution in [0.1, 0.15) is 5.69 Å². The summed E-state index contributed by atoms with van der Waals surface area (Å²) in [4.78, 5) is 22.1. The normalized spacial score (nSPS) is 13.6. The van der Waals surface area contributed by atoms with Crippen LogP contribution >= 0.6 is 0 Å². The van der Waals surface area contributed by atoms with Crippen LogP contribution in [0.5, 0.6) is 0 Å². The van der Waals surface area contributed by atoms with Crippen LogP contribution < -0.4 is 9.80 Å². The van der Waals surface area contributed by atoms with E-state index in [-0.39, 0.29) is 5.69 Å². The van der Waals surface area contributed by atoms with Gasteiger partial charge in [0.15, 0.2) is 23.1 Å². The fourth-order valence-corrected chi connectivity index (χ4v) is 3.83. The van der Waals surface area contributed by atoms with E-state index in [1.165, 1.54) is 6.20 Å². The predicted octanol–water partition coefficient (Wildman–Crippen LogP) is 3.16. The van der Waals surface area contributed by atoms with Crippen molar-refractivity contribution in [2.45, 2.75) is 0 Å². The van der Waals surface area contributed by atoms with Crippen molar-refractivity contribution in [3.8, 4) is 17.3 Å². The van der Waals surface area contributed by atoms with Crippen LogP contribution in [0.15, 0.2) is 53.1 Å². The Balaban J connectivity index is 1.85. The molecule has 3 aromatic rings. The third kappa shape index (κ3) is 6.59. The number of rotatable bonds is 11. The lowest BCUT2D eigenvalue weighted by atomic mass is 10.1. The van der Waals surface area contributed by atoms with Gasteiger partial charge >= 0.3 is 0 Å². The monoisotopic (exact) mass is 503 g/mol. The standard InChI is InChI=1S/C25H29N9O3/c1-35-13-9-33(10-14-36-2)24-21(17-26)29-25(34-11-15-37-16-12-34)23(30-24)19-5-3-4-6-20(19)31-32-22-18-27-7-8-28-22/h3-8,18H,9-16H2,1-2H3. The Bertz CT molecular complexity index is 1220. The number of hydrogen-bond donors (Lipinski definition) is 0. The number of benzene rings is 1. The topological polar surface area (TPSA) is 134 Å². The van der Waals surface area contributed by atoms with Gasteiger partial charge in [-0.15, -0.1) is 10.2 Å². The SMILES string of the molecule is COCCN(CCOC)c1nc(-c2ccccc2N=Nc2cnccn2)c(N2CCOCC2)nc1C#N. The number of aromatic nitrogens is 4. The quantitative estimate of drug-likeness (QED) is 0.359. The molecule has 0 aliphatic carbocycles. The van der Waals surface area contributed by atoms with Crippen LogP contribution in [-0.2, 0) is 14.2 Å². The van der Waals surface area contributed by atoms with Crippen molar-refractivity contribution >= 4 is 23.1 Å². The summed E-state index contributed by atoms with van der Waals surface area (Å²) in [5, 5.41) is 18.7. The summed E-state index contributed by atoms with van der Waals surface area (Å²) in [6, 6.07) is 9.80. The first-order valence-corrected chi connectivity index (χ1v) is 11.9. The molecule has 37 heavy (non-hydrogen) atoms. The third-order valence-electron chi connectivity index (χ3n) is 5.67. The third-order valence-corrected chi connectivity index (χ3v) is 5.67. The van der Waals surface area contributed by atoms with Crippen molar-refractivity contribution in [2.24, 2.45) is 10.2 Å². The van der Waals surface area contributed by atoms with Crippen molar-refractivity contribution < 1.29 is 14.2 Å². The minimum absolute atomic E-state index is 0.233. The molecule has 1 fully saturated rings. The Labute approximate surface area is 215 Å². The van der Waals surface area contributed by atoms with Crippen molar-refractivity contribution in [2.75, 3.05) is 76.6 Å². The molecule has 1 saturated heterocycles. The van der Waals surface area contributed by atoms with Crippen LogP contribution in [0.4, 0.5) is 23.1 Å². The summed E-state index contributed by atoms with van der Waals surface area (Å²) in [5.74, 6) is 1.45. The highest BCUT2D eigenvalue weighted by atomic mass is 16.5. The Morgan fingerprint density at radius 2 is 1.81 bits per heavy atom. The summed E-state index contributed by atoms with van der Waals surface area (Å²) >= 11 is 0. The summed E-state index contributed by atoms with van der Waals surface area (Å²) in [6.07, 6.45) is 4.67. The Hall–Kier alpha value is -4.05. The van der Waals surface area contributed by atoms with E-state index in [1.807, 2.05) is 29.2 Å². The fraction of sp³-hybridized carbons (Fsp3) is 0.400. The molecule has 0 atom stereocenters. The summed E-state index contributed by atoms with van der Waals surface area (Å²) in [5.41, 5.74) is 2.15. The Morgan fingerprint density at radius 3 is 2.49 bits per heavy atom. The largest absolute Gasteiger partial charge is 0.383 e. The average Bonchev–Trinajstić information content (AvgIpc) is 2.97. The first kappa shape index (κ1) is 26.0. The first-order valence-electron chi connectivity index (χ1n) is 11.9. The molecule has 1 aliphatic heterocycles. The molecule has 0 saturated carbocycles. The van der Waals surface area contributed by atoms with Crippen LogP contribution in [0, 0.1) is 11.3 Å². The number of morpholine rings is 1. The zero-order valence-corrected chi connectivity index (χ0v) is 20.9. The first-order chi connectivity index (χ1) is 18.2. The highest BCUT2D eigenvalue weighted by molar-refractivity contribution is 5.82. The van der Waals surface area contributed by atoms with Gasteiger partial charge in [0.2, 0.25) is 0 Å². The van der Waals surface area contributed by atoms with E-state index in [1.54, 1.807) is 26.6 Å². The van der Waals surface area contributed by atoms with E-state index in [2.05, 4.69) is 31.2 Å². The average molecular weight is 504 g/mol. The van der Waals surface area contributed by atoms with Gasteiger partial charge in [-0.2, -0.15) is 5.26 Å². The van der Waals surface area contributed by atoms with E-state index in [4.69, 9.17) is 24.2 Å². The Morgan fingerprint density at radius 1 is 1.05 bits per heavy atom. The van der Waals surface area contributed by atoms with Crippen LogP contribution in [-0.4, -0.2) is 86.8 Å². The number of azo groups is 1. The molecule has 4 rings (SSSR count). The number of nitrogens with zero attached hydrogens (tertiary/aromatic N) is 9. The van der Waals surface area contributed by atoms with Gasteiger partial charge in [0.05, 0.1) is 38.3 Å². The molecule has 0 radical (unpaired) electrons. The molecule has 1 aliphatic rings. The number of hydrogen-bond acceptors (Lipinski definition) is 12. The lowest BCUT2D eigenvalue weighted by Gasteiger charge is -2.31. The second-order valence-corrected chi connectivity index (χ2v) is 8.03. The number of methoxy groups -OCH3 is 2. The number of nitriles is 1. The van der Waals surface area contributed by atoms with Gasteiger partial charge in [0, 0.05) is 58.4 Å². The minimum atomic E-state index is 0.233. The molecule has 0 N–H and O–H groups in total. The van der Waals surface area contributed by atoms with E-state index < -0.39 is 0 Å². The minimum Gasteiger partial charge on any atom is -0.383 e. The van der Waals surface area contributed by atoms with Crippen molar-refractivity contribution in [1.82, 2.24) is 19.9 Å². The smallest absolute Gasteiger partial charge is 0.192 e. The van der Waals surface area contributed by atoms with Gasteiger partial charge in [-0.25, -0.2) is 15.0 Å². The summed E-state index contributed by atoms with van der Waals surface area (Å²) in [7, 11) is 3.27. The molecule has 3 heterocycles. The Kier molecular flexibility index (Phi) is 9.36. The van der Waals surface area contributed by atoms with Crippen LogP contribution in [0.3, 0.4) is 0 Å². The highest BCUT2D eigenvalue weighted by Crippen LogP contribution is 2.37. The van der Waals surface area contributed by atoms with E-state index >= 15 is 0 Å². The molecule has 0 spiro atoms. The fourth-order valence-electron chi connectivity index (χ4n) is 3.83. The zero-order chi connectivity index (χ0) is 25.9. The molecule has 12 nitrogen and oxygen atoms in total. The van der Waals surface area contributed by atoms with Gasteiger partial charge in [-0.3, -0.25) is 4.98 Å². The van der Waals surface area contributed by atoms with Crippen molar-refractivity contribution in [3.05, 3.63) is 48.5 Å². The predicted molar refractivity (Wildman–Crippen MR) is 137 cm³/mol. The molecule has 1 aromatic carbocycles. The van der Waals surface area contributed by atoms with Crippen LogP contribution in [0.2, 0.25) is 0 Å².